The summed E-state index contributed by atoms with van der Waals surface area (Å²) in [6, 6.07) is 2.16. The molecule has 1 amide bonds. The van der Waals surface area contributed by atoms with Crippen molar-refractivity contribution < 1.29 is 9.53 Å². The third-order valence-electron chi connectivity index (χ3n) is 3.77. The largest absolute Gasteiger partial charge is 0.458 e. The van der Waals surface area contributed by atoms with Crippen molar-refractivity contribution in [2.24, 2.45) is 5.92 Å². The monoisotopic (exact) mass is 277 g/mol. The molecule has 0 aromatic carbocycles. The van der Waals surface area contributed by atoms with Gasteiger partial charge in [0, 0.05) is 25.4 Å². The number of hydrogen-bond acceptors (Lipinski definition) is 4. The van der Waals surface area contributed by atoms with Gasteiger partial charge in [0.1, 0.15) is 6.10 Å². The predicted molar refractivity (Wildman–Crippen MR) is 76.3 cm³/mol. The summed E-state index contributed by atoms with van der Waals surface area (Å²) < 4.78 is 5.75. The van der Waals surface area contributed by atoms with E-state index in [0.717, 1.165) is 25.8 Å². The van der Waals surface area contributed by atoms with Gasteiger partial charge >= 0.3 is 6.01 Å². The minimum absolute atomic E-state index is 0.00651. The molecule has 0 aliphatic carbocycles. The van der Waals surface area contributed by atoms with Gasteiger partial charge in [-0.2, -0.15) is 0 Å². The third-order valence-corrected chi connectivity index (χ3v) is 3.77. The van der Waals surface area contributed by atoms with Gasteiger partial charge in [0.2, 0.25) is 5.91 Å². The van der Waals surface area contributed by atoms with Crippen molar-refractivity contribution in [3.63, 3.8) is 0 Å². The molecule has 2 rings (SSSR count). The molecule has 1 saturated heterocycles. The summed E-state index contributed by atoms with van der Waals surface area (Å²) in [6.45, 7) is 5.72. The molecule has 1 aromatic rings. The SMILES string of the molecule is CCC(C)CC(=O)N1CCCC(Oc2ncccn2)C1. The fourth-order valence-corrected chi connectivity index (χ4v) is 2.33. The number of nitrogens with zero attached hydrogens (tertiary/aromatic N) is 3. The van der Waals surface area contributed by atoms with E-state index in [1.807, 2.05) is 4.90 Å². The molecule has 1 aliphatic heterocycles. The highest BCUT2D eigenvalue weighted by Crippen LogP contribution is 2.17. The minimum Gasteiger partial charge on any atom is -0.458 e. The maximum Gasteiger partial charge on any atom is 0.316 e. The second kappa shape index (κ2) is 7.22. The van der Waals surface area contributed by atoms with Crippen LogP contribution in [0.5, 0.6) is 6.01 Å². The number of carbonyl (C=O) groups is 1. The van der Waals surface area contributed by atoms with Crippen molar-refractivity contribution in [2.45, 2.75) is 45.6 Å². The van der Waals surface area contributed by atoms with Gasteiger partial charge in [-0.05, 0) is 24.8 Å². The number of ether oxygens (including phenoxy) is 1. The highest BCUT2D eigenvalue weighted by Gasteiger charge is 2.25. The molecule has 2 atom stereocenters. The summed E-state index contributed by atoms with van der Waals surface area (Å²) in [5.41, 5.74) is 0. The van der Waals surface area contributed by atoms with Gasteiger partial charge in [-0.15, -0.1) is 0 Å². The van der Waals surface area contributed by atoms with E-state index < -0.39 is 0 Å². The maximum atomic E-state index is 12.2. The van der Waals surface area contributed by atoms with Crippen LogP contribution in [-0.2, 0) is 4.79 Å². The van der Waals surface area contributed by atoms with Crippen LogP contribution in [0.1, 0.15) is 39.5 Å². The Kier molecular flexibility index (Phi) is 5.32. The Morgan fingerprint density at radius 2 is 2.25 bits per heavy atom. The molecular weight excluding hydrogens is 254 g/mol. The van der Waals surface area contributed by atoms with E-state index in [4.69, 9.17) is 4.74 Å². The topological polar surface area (TPSA) is 55.3 Å². The summed E-state index contributed by atoms with van der Waals surface area (Å²) in [6.07, 6.45) is 6.93. The lowest BCUT2D eigenvalue weighted by Crippen LogP contribution is -2.44. The van der Waals surface area contributed by atoms with Crippen LogP contribution < -0.4 is 4.74 Å². The van der Waals surface area contributed by atoms with Crippen molar-refractivity contribution in [2.75, 3.05) is 13.1 Å². The van der Waals surface area contributed by atoms with E-state index in [2.05, 4.69) is 23.8 Å². The first kappa shape index (κ1) is 14.8. The second-order valence-corrected chi connectivity index (χ2v) is 5.47. The van der Waals surface area contributed by atoms with Gasteiger partial charge in [0.15, 0.2) is 0 Å². The molecule has 0 radical (unpaired) electrons. The van der Waals surface area contributed by atoms with Gasteiger partial charge in [-0.3, -0.25) is 4.79 Å². The zero-order valence-corrected chi connectivity index (χ0v) is 12.3. The van der Waals surface area contributed by atoms with E-state index in [-0.39, 0.29) is 12.0 Å². The van der Waals surface area contributed by atoms with Crippen LogP contribution in [0.4, 0.5) is 0 Å². The van der Waals surface area contributed by atoms with Crippen LogP contribution in [0, 0.1) is 5.92 Å². The number of aromatic nitrogens is 2. The molecule has 110 valence electrons. The van der Waals surface area contributed by atoms with Crippen LogP contribution in [-0.4, -0.2) is 40.0 Å². The summed E-state index contributed by atoms with van der Waals surface area (Å²) in [5.74, 6) is 0.683. The Hall–Kier alpha value is -1.65. The second-order valence-electron chi connectivity index (χ2n) is 5.47. The smallest absolute Gasteiger partial charge is 0.316 e. The van der Waals surface area contributed by atoms with Crippen LogP contribution >= 0.6 is 0 Å². The third kappa shape index (κ3) is 4.18. The minimum atomic E-state index is 0.00651. The highest BCUT2D eigenvalue weighted by atomic mass is 16.5. The number of hydrogen-bond donors (Lipinski definition) is 0. The fraction of sp³-hybridized carbons (Fsp3) is 0.667. The molecular formula is C15H23N3O2. The standard InChI is InChI=1S/C15H23N3O2/c1-3-12(2)10-14(19)18-9-4-6-13(11-18)20-15-16-7-5-8-17-15/h5,7-8,12-13H,3-4,6,9-11H2,1-2H3. The first-order valence-corrected chi connectivity index (χ1v) is 7.40. The molecule has 20 heavy (non-hydrogen) atoms. The van der Waals surface area contributed by atoms with Gasteiger partial charge in [0.25, 0.3) is 0 Å². The van der Waals surface area contributed by atoms with Gasteiger partial charge in [-0.1, -0.05) is 20.3 Å². The van der Waals surface area contributed by atoms with Crippen LogP contribution in [0.15, 0.2) is 18.5 Å². The Labute approximate surface area is 120 Å². The van der Waals surface area contributed by atoms with E-state index in [9.17, 15) is 4.79 Å². The number of amides is 1. The number of likely N-dealkylation sites (tertiary alicyclic amines) is 1. The maximum absolute atomic E-state index is 12.2. The lowest BCUT2D eigenvalue weighted by Gasteiger charge is -2.33. The normalized spacial score (nSPS) is 20.5. The van der Waals surface area contributed by atoms with Crippen molar-refractivity contribution in [3.05, 3.63) is 18.5 Å². The van der Waals surface area contributed by atoms with Gasteiger partial charge < -0.3 is 9.64 Å². The molecule has 1 aromatic heterocycles. The van der Waals surface area contributed by atoms with Crippen molar-refractivity contribution in [1.29, 1.82) is 0 Å². The molecule has 5 nitrogen and oxygen atoms in total. The summed E-state index contributed by atoms with van der Waals surface area (Å²) in [4.78, 5) is 22.3. The van der Waals surface area contributed by atoms with Crippen LogP contribution in [0.25, 0.3) is 0 Å². The number of piperidine rings is 1. The fourth-order valence-electron chi connectivity index (χ4n) is 2.33. The molecule has 1 fully saturated rings. The Bertz CT molecular complexity index is 424. The molecule has 1 aliphatic rings. The lowest BCUT2D eigenvalue weighted by molar-refractivity contribution is -0.134. The average Bonchev–Trinajstić information content (AvgIpc) is 2.48. The van der Waals surface area contributed by atoms with E-state index in [1.165, 1.54) is 0 Å². The van der Waals surface area contributed by atoms with Gasteiger partial charge in [0.05, 0.1) is 6.54 Å². The van der Waals surface area contributed by atoms with Crippen molar-refractivity contribution in [3.8, 4) is 6.01 Å². The Morgan fingerprint density at radius 1 is 1.50 bits per heavy atom. The summed E-state index contributed by atoms with van der Waals surface area (Å²) in [7, 11) is 0. The lowest BCUT2D eigenvalue weighted by atomic mass is 10.0. The molecule has 5 heteroatoms. The van der Waals surface area contributed by atoms with Crippen LogP contribution in [0.2, 0.25) is 0 Å². The van der Waals surface area contributed by atoms with E-state index in [1.54, 1.807) is 18.5 Å². The predicted octanol–water partition coefficient (Wildman–Crippen LogP) is 2.28. The first-order chi connectivity index (χ1) is 9.69. The van der Waals surface area contributed by atoms with Crippen molar-refractivity contribution in [1.82, 2.24) is 14.9 Å². The van der Waals surface area contributed by atoms with Crippen LogP contribution in [0.3, 0.4) is 0 Å². The summed E-state index contributed by atoms with van der Waals surface area (Å²) >= 11 is 0. The molecule has 2 heterocycles. The van der Waals surface area contributed by atoms with E-state index in [0.29, 0.717) is 24.9 Å². The number of rotatable bonds is 5. The zero-order chi connectivity index (χ0) is 14.4. The molecule has 0 spiro atoms. The first-order valence-electron chi connectivity index (χ1n) is 7.40. The molecule has 0 saturated carbocycles. The molecule has 2 unspecified atom stereocenters. The van der Waals surface area contributed by atoms with Gasteiger partial charge in [-0.25, -0.2) is 9.97 Å². The number of carbonyl (C=O) groups excluding carboxylic acids is 1. The average molecular weight is 277 g/mol. The van der Waals surface area contributed by atoms with Crippen molar-refractivity contribution >= 4 is 5.91 Å². The Balaban J connectivity index is 1.87. The highest BCUT2D eigenvalue weighted by molar-refractivity contribution is 5.76. The quantitative estimate of drug-likeness (QED) is 0.828. The molecule has 0 N–H and O–H groups in total. The summed E-state index contributed by atoms with van der Waals surface area (Å²) in [5, 5.41) is 0. The molecule has 0 bridgehead atoms. The zero-order valence-electron chi connectivity index (χ0n) is 12.3. The Morgan fingerprint density at radius 3 is 2.95 bits per heavy atom. The van der Waals surface area contributed by atoms with E-state index >= 15 is 0 Å².